The maximum atomic E-state index is 5.84. The quantitative estimate of drug-likeness (QED) is 0.845. The van der Waals surface area contributed by atoms with Crippen molar-refractivity contribution in [1.82, 2.24) is 10.3 Å². The number of nitrogens with one attached hydrogen (secondary N) is 1. The Labute approximate surface area is 97.2 Å². The van der Waals surface area contributed by atoms with Crippen molar-refractivity contribution in [3.63, 3.8) is 0 Å². The summed E-state index contributed by atoms with van der Waals surface area (Å²) in [4.78, 5) is 4.41. The molecule has 1 aliphatic heterocycles. The summed E-state index contributed by atoms with van der Waals surface area (Å²) in [6.45, 7) is 3.87. The third-order valence-electron chi connectivity index (χ3n) is 3.04. The predicted molar refractivity (Wildman–Crippen MR) is 64.2 cm³/mol. The SMILES string of the molecule is CCOC(c1ccccn1)C1CCCCN1. The van der Waals surface area contributed by atoms with E-state index in [0.29, 0.717) is 6.04 Å². The lowest BCUT2D eigenvalue weighted by atomic mass is 9.97. The number of ether oxygens (including phenoxy) is 1. The van der Waals surface area contributed by atoms with Crippen LogP contribution in [0, 0.1) is 0 Å². The second-order valence-corrected chi connectivity index (χ2v) is 4.19. The Hall–Kier alpha value is -0.930. The molecule has 1 aromatic rings. The molecule has 0 radical (unpaired) electrons. The Kier molecular flexibility index (Phi) is 4.31. The summed E-state index contributed by atoms with van der Waals surface area (Å²) in [6.07, 6.45) is 5.68. The van der Waals surface area contributed by atoms with E-state index in [2.05, 4.69) is 16.4 Å². The van der Waals surface area contributed by atoms with Crippen molar-refractivity contribution in [2.45, 2.75) is 38.3 Å². The van der Waals surface area contributed by atoms with E-state index in [4.69, 9.17) is 4.74 Å². The van der Waals surface area contributed by atoms with E-state index in [1.807, 2.05) is 25.3 Å². The molecule has 0 amide bonds. The minimum atomic E-state index is 0.103. The van der Waals surface area contributed by atoms with E-state index in [0.717, 1.165) is 18.8 Å². The third-order valence-corrected chi connectivity index (χ3v) is 3.04. The normalized spacial score (nSPS) is 22.9. The summed E-state index contributed by atoms with van der Waals surface area (Å²) in [6, 6.07) is 6.44. The number of pyridine rings is 1. The number of piperidine rings is 1. The molecule has 1 aliphatic rings. The van der Waals surface area contributed by atoms with Gasteiger partial charge in [-0.25, -0.2) is 0 Å². The van der Waals surface area contributed by atoms with Gasteiger partial charge in [0.15, 0.2) is 0 Å². The Bertz CT molecular complexity index is 296. The van der Waals surface area contributed by atoms with Crippen LogP contribution in [0.3, 0.4) is 0 Å². The van der Waals surface area contributed by atoms with E-state index in [1.54, 1.807) is 0 Å². The van der Waals surface area contributed by atoms with Gasteiger partial charge >= 0.3 is 0 Å². The number of rotatable bonds is 4. The molecule has 0 aromatic carbocycles. The summed E-state index contributed by atoms with van der Waals surface area (Å²) >= 11 is 0. The third kappa shape index (κ3) is 2.80. The highest BCUT2D eigenvalue weighted by Gasteiger charge is 2.25. The molecule has 1 N–H and O–H groups in total. The minimum Gasteiger partial charge on any atom is -0.371 e. The van der Waals surface area contributed by atoms with Crippen molar-refractivity contribution in [2.75, 3.05) is 13.2 Å². The van der Waals surface area contributed by atoms with Crippen LogP contribution in [0.15, 0.2) is 24.4 Å². The van der Waals surface area contributed by atoms with Gasteiger partial charge in [0.25, 0.3) is 0 Å². The highest BCUT2D eigenvalue weighted by atomic mass is 16.5. The maximum absolute atomic E-state index is 5.84. The summed E-state index contributed by atoms with van der Waals surface area (Å²) in [5.41, 5.74) is 1.05. The summed E-state index contributed by atoms with van der Waals surface area (Å²) in [5, 5.41) is 3.54. The van der Waals surface area contributed by atoms with E-state index >= 15 is 0 Å². The van der Waals surface area contributed by atoms with Crippen LogP contribution in [0.5, 0.6) is 0 Å². The largest absolute Gasteiger partial charge is 0.371 e. The van der Waals surface area contributed by atoms with Gasteiger partial charge in [0.2, 0.25) is 0 Å². The molecule has 2 rings (SSSR count). The maximum Gasteiger partial charge on any atom is 0.115 e. The van der Waals surface area contributed by atoms with E-state index < -0.39 is 0 Å². The van der Waals surface area contributed by atoms with E-state index in [9.17, 15) is 0 Å². The fourth-order valence-electron chi connectivity index (χ4n) is 2.27. The van der Waals surface area contributed by atoms with Crippen molar-refractivity contribution >= 4 is 0 Å². The molecular formula is C13H20N2O. The zero-order valence-electron chi connectivity index (χ0n) is 9.86. The fraction of sp³-hybridized carbons (Fsp3) is 0.615. The molecule has 2 heterocycles. The van der Waals surface area contributed by atoms with Crippen LogP contribution in [0.4, 0.5) is 0 Å². The van der Waals surface area contributed by atoms with Gasteiger partial charge in [-0.05, 0) is 38.4 Å². The lowest BCUT2D eigenvalue weighted by Crippen LogP contribution is -2.40. The first-order chi connectivity index (χ1) is 7.92. The second-order valence-electron chi connectivity index (χ2n) is 4.19. The predicted octanol–water partition coefficient (Wildman–Crippen LogP) is 2.30. The number of hydrogen-bond acceptors (Lipinski definition) is 3. The number of hydrogen-bond donors (Lipinski definition) is 1. The first kappa shape index (κ1) is 11.6. The van der Waals surface area contributed by atoms with E-state index in [-0.39, 0.29) is 6.10 Å². The Morgan fingerprint density at radius 2 is 2.44 bits per heavy atom. The molecule has 3 heteroatoms. The van der Waals surface area contributed by atoms with Crippen LogP contribution in [0.1, 0.15) is 38.0 Å². The summed E-state index contributed by atoms with van der Waals surface area (Å²) in [5.74, 6) is 0. The summed E-state index contributed by atoms with van der Waals surface area (Å²) < 4.78 is 5.84. The molecule has 88 valence electrons. The standard InChI is InChI=1S/C13H20N2O/c1-2-16-13(11-7-3-5-9-14-11)12-8-4-6-10-15-12/h3,5,7,9,12-13,15H,2,4,6,8,10H2,1H3. The Morgan fingerprint density at radius 1 is 1.50 bits per heavy atom. The molecule has 16 heavy (non-hydrogen) atoms. The molecule has 0 bridgehead atoms. The molecular weight excluding hydrogens is 200 g/mol. The molecule has 1 aromatic heterocycles. The zero-order valence-corrected chi connectivity index (χ0v) is 9.86. The molecule has 0 spiro atoms. The van der Waals surface area contributed by atoms with Crippen LogP contribution in [0.25, 0.3) is 0 Å². The number of aromatic nitrogens is 1. The van der Waals surface area contributed by atoms with Crippen LogP contribution in [-0.4, -0.2) is 24.2 Å². The van der Waals surface area contributed by atoms with Crippen LogP contribution in [0.2, 0.25) is 0 Å². The first-order valence-corrected chi connectivity index (χ1v) is 6.17. The molecule has 3 nitrogen and oxygen atoms in total. The number of nitrogens with zero attached hydrogens (tertiary/aromatic N) is 1. The van der Waals surface area contributed by atoms with Crippen molar-refractivity contribution < 1.29 is 4.74 Å². The van der Waals surface area contributed by atoms with Crippen molar-refractivity contribution in [3.8, 4) is 0 Å². The monoisotopic (exact) mass is 220 g/mol. The molecule has 1 fully saturated rings. The lowest BCUT2D eigenvalue weighted by molar-refractivity contribution is 0.0231. The molecule has 2 atom stereocenters. The van der Waals surface area contributed by atoms with Crippen molar-refractivity contribution in [1.29, 1.82) is 0 Å². The van der Waals surface area contributed by atoms with Gasteiger partial charge in [-0.3, -0.25) is 4.98 Å². The van der Waals surface area contributed by atoms with Crippen LogP contribution < -0.4 is 5.32 Å². The van der Waals surface area contributed by atoms with Crippen LogP contribution >= 0.6 is 0 Å². The molecule has 1 saturated heterocycles. The smallest absolute Gasteiger partial charge is 0.115 e. The zero-order chi connectivity index (χ0) is 11.2. The topological polar surface area (TPSA) is 34.1 Å². The van der Waals surface area contributed by atoms with Gasteiger partial charge < -0.3 is 10.1 Å². The molecule has 2 unspecified atom stereocenters. The van der Waals surface area contributed by atoms with Gasteiger partial charge in [0.1, 0.15) is 6.10 Å². The average molecular weight is 220 g/mol. The molecule has 0 saturated carbocycles. The van der Waals surface area contributed by atoms with E-state index in [1.165, 1.54) is 19.3 Å². The Balaban J connectivity index is 2.09. The summed E-state index contributed by atoms with van der Waals surface area (Å²) in [7, 11) is 0. The highest BCUT2D eigenvalue weighted by molar-refractivity contribution is 5.09. The van der Waals surface area contributed by atoms with Gasteiger partial charge in [-0.2, -0.15) is 0 Å². The highest BCUT2D eigenvalue weighted by Crippen LogP contribution is 2.24. The van der Waals surface area contributed by atoms with Gasteiger partial charge in [0, 0.05) is 18.8 Å². The van der Waals surface area contributed by atoms with Gasteiger partial charge in [0.05, 0.1) is 5.69 Å². The Morgan fingerprint density at radius 3 is 3.06 bits per heavy atom. The molecule has 0 aliphatic carbocycles. The minimum absolute atomic E-state index is 0.103. The van der Waals surface area contributed by atoms with Gasteiger partial charge in [-0.1, -0.05) is 12.5 Å². The first-order valence-electron chi connectivity index (χ1n) is 6.17. The fourth-order valence-corrected chi connectivity index (χ4v) is 2.27. The second kappa shape index (κ2) is 5.97. The van der Waals surface area contributed by atoms with Gasteiger partial charge in [-0.15, -0.1) is 0 Å². The lowest BCUT2D eigenvalue weighted by Gasteiger charge is -2.30. The van der Waals surface area contributed by atoms with Crippen molar-refractivity contribution in [3.05, 3.63) is 30.1 Å². The van der Waals surface area contributed by atoms with Crippen molar-refractivity contribution in [2.24, 2.45) is 0 Å². The van der Waals surface area contributed by atoms with Crippen LogP contribution in [-0.2, 0) is 4.74 Å². The average Bonchev–Trinajstić information content (AvgIpc) is 2.38.